The van der Waals surface area contributed by atoms with E-state index in [-0.39, 0.29) is 5.91 Å². The summed E-state index contributed by atoms with van der Waals surface area (Å²) in [5.41, 5.74) is 2.95. The molecular weight excluding hydrogens is 454 g/mol. The zero-order valence-electron chi connectivity index (χ0n) is 18.1. The highest BCUT2D eigenvalue weighted by atomic mass is 79.9. The van der Waals surface area contributed by atoms with Crippen LogP contribution < -0.4 is 5.32 Å². The molecule has 0 aliphatic heterocycles. The Hall–Kier alpha value is -3.30. The fourth-order valence-electron chi connectivity index (χ4n) is 2.56. The van der Waals surface area contributed by atoms with Gasteiger partial charge >= 0.3 is 0 Å². The van der Waals surface area contributed by atoms with Gasteiger partial charge in [-0.2, -0.15) is 5.10 Å². The van der Waals surface area contributed by atoms with Crippen LogP contribution in [0.15, 0.2) is 76.6 Å². The summed E-state index contributed by atoms with van der Waals surface area (Å²) >= 11 is 3.45. The van der Waals surface area contributed by atoms with Gasteiger partial charge in [0.2, 0.25) is 0 Å². The first-order chi connectivity index (χ1) is 14.9. The molecular formula is C25H26BrN3O2. The fourth-order valence-corrected chi connectivity index (χ4v) is 3.04. The number of hydrogen-bond donors (Lipinski definition) is 1. The van der Waals surface area contributed by atoms with Crippen molar-refractivity contribution in [3.63, 3.8) is 0 Å². The van der Waals surface area contributed by atoms with E-state index >= 15 is 0 Å². The quantitative estimate of drug-likeness (QED) is 0.269. The van der Waals surface area contributed by atoms with Crippen LogP contribution in [0.4, 0.5) is 5.69 Å². The number of hydrogen-bond acceptors (Lipinski definition) is 3. The number of methoxy groups -OCH3 is 1. The molecule has 3 rings (SSSR count). The number of nitrogens with zero attached hydrogens (tertiary/aromatic N) is 2. The standard InChI is InChI=1S/C16H14BrN3O.C9H12O/c1-2-20-10-11-8-12(17)9-14(15(11)19-20)16(21)18-13-6-4-3-5-7-13;1-5-8(2)6-7-9(3)10-4/h3-10H,2H2,1H3,(H,18,21);1,6-7H,2-4H3/b;8-6-,9-7+. The first kappa shape index (κ1) is 24.0. The van der Waals surface area contributed by atoms with Crippen molar-refractivity contribution in [2.45, 2.75) is 27.3 Å². The maximum absolute atomic E-state index is 12.5. The van der Waals surface area contributed by atoms with Crippen LogP contribution in [0.3, 0.4) is 0 Å². The van der Waals surface area contributed by atoms with Gasteiger partial charge in [0.15, 0.2) is 0 Å². The number of carbonyl (C=O) groups excluding carboxylic acids is 1. The van der Waals surface area contributed by atoms with E-state index in [1.54, 1.807) is 13.2 Å². The van der Waals surface area contributed by atoms with Gasteiger partial charge in [-0.05, 0) is 62.8 Å². The number of fused-ring (bicyclic) bond motifs is 1. The number of benzene rings is 2. The Kier molecular flexibility index (Phi) is 9.11. The van der Waals surface area contributed by atoms with Crippen molar-refractivity contribution in [1.82, 2.24) is 9.78 Å². The molecule has 31 heavy (non-hydrogen) atoms. The number of anilines is 1. The van der Waals surface area contributed by atoms with Crippen LogP contribution in [-0.4, -0.2) is 22.8 Å². The third-order valence-corrected chi connectivity index (χ3v) is 4.80. The highest BCUT2D eigenvalue weighted by molar-refractivity contribution is 9.10. The molecule has 0 aliphatic carbocycles. The summed E-state index contributed by atoms with van der Waals surface area (Å²) in [6.45, 7) is 6.54. The molecule has 0 aliphatic rings. The summed E-state index contributed by atoms with van der Waals surface area (Å²) in [6, 6.07) is 13.2. The monoisotopic (exact) mass is 479 g/mol. The molecule has 1 heterocycles. The Bertz CT molecular complexity index is 1140. The Balaban J connectivity index is 0.000000291. The number of carbonyl (C=O) groups is 1. The number of aryl methyl sites for hydroxylation is 1. The molecule has 1 amide bonds. The molecule has 3 aromatic rings. The van der Waals surface area contributed by atoms with Crippen molar-refractivity contribution in [2.24, 2.45) is 0 Å². The maximum atomic E-state index is 12.5. The molecule has 5 nitrogen and oxygen atoms in total. The average molecular weight is 480 g/mol. The average Bonchev–Trinajstić information content (AvgIpc) is 3.20. The van der Waals surface area contributed by atoms with E-state index in [0.717, 1.165) is 33.4 Å². The first-order valence-electron chi connectivity index (χ1n) is 9.76. The van der Waals surface area contributed by atoms with Crippen molar-refractivity contribution in [2.75, 3.05) is 12.4 Å². The third-order valence-electron chi connectivity index (χ3n) is 4.34. The van der Waals surface area contributed by atoms with Crippen LogP contribution in [0.25, 0.3) is 10.9 Å². The Morgan fingerprint density at radius 3 is 2.58 bits per heavy atom. The van der Waals surface area contributed by atoms with E-state index < -0.39 is 0 Å². The molecule has 0 saturated carbocycles. The Labute approximate surface area is 191 Å². The van der Waals surface area contributed by atoms with Crippen molar-refractivity contribution in [3.05, 3.63) is 82.2 Å². The lowest BCUT2D eigenvalue weighted by molar-refractivity contribution is 0.102. The molecule has 0 unspecified atom stereocenters. The van der Waals surface area contributed by atoms with Gasteiger partial charge in [-0.15, -0.1) is 6.42 Å². The zero-order chi connectivity index (χ0) is 22.8. The maximum Gasteiger partial charge on any atom is 0.257 e. The van der Waals surface area contributed by atoms with Gasteiger partial charge in [0.05, 0.1) is 18.4 Å². The van der Waals surface area contributed by atoms with Crippen molar-refractivity contribution in [1.29, 1.82) is 0 Å². The van der Waals surface area contributed by atoms with Gasteiger partial charge in [-0.1, -0.05) is 40.0 Å². The number of amides is 1. The fraction of sp³-hybridized carbons (Fsp3) is 0.200. The summed E-state index contributed by atoms with van der Waals surface area (Å²) in [5.74, 6) is 3.20. The first-order valence-corrected chi connectivity index (χ1v) is 10.6. The van der Waals surface area contributed by atoms with Gasteiger partial charge in [0, 0.05) is 28.3 Å². The van der Waals surface area contributed by atoms with Crippen molar-refractivity contribution < 1.29 is 9.53 Å². The van der Waals surface area contributed by atoms with Crippen LogP contribution in [0.1, 0.15) is 31.1 Å². The summed E-state index contributed by atoms with van der Waals surface area (Å²) in [5, 5.41) is 8.31. The predicted molar refractivity (Wildman–Crippen MR) is 131 cm³/mol. The number of aromatic nitrogens is 2. The largest absolute Gasteiger partial charge is 0.501 e. The molecule has 0 radical (unpaired) electrons. The molecule has 1 N–H and O–H groups in total. The van der Waals surface area contributed by atoms with Gasteiger partial charge in [0.1, 0.15) is 5.52 Å². The lowest BCUT2D eigenvalue weighted by Crippen LogP contribution is -2.12. The topological polar surface area (TPSA) is 56.1 Å². The van der Waals surface area contributed by atoms with Crippen molar-refractivity contribution in [3.8, 4) is 12.3 Å². The second-order valence-corrected chi connectivity index (χ2v) is 7.59. The van der Waals surface area contributed by atoms with E-state index in [4.69, 9.17) is 11.2 Å². The van der Waals surface area contributed by atoms with Crippen LogP contribution in [0, 0.1) is 12.3 Å². The molecule has 0 saturated heterocycles. The van der Waals surface area contributed by atoms with Crippen LogP contribution >= 0.6 is 15.9 Å². The minimum atomic E-state index is -0.158. The highest BCUT2D eigenvalue weighted by Gasteiger charge is 2.14. The Morgan fingerprint density at radius 1 is 1.26 bits per heavy atom. The van der Waals surface area contributed by atoms with E-state index in [9.17, 15) is 4.79 Å². The molecule has 2 aromatic carbocycles. The van der Waals surface area contributed by atoms with Crippen molar-refractivity contribution >= 4 is 38.4 Å². The van der Waals surface area contributed by atoms with Crippen LogP contribution in [0.5, 0.6) is 0 Å². The number of para-hydroxylation sites is 1. The van der Waals surface area contributed by atoms with Crippen LogP contribution in [0.2, 0.25) is 0 Å². The lowest BCUT2D eigenvalue weighted by Gasteiger charge is -2.06. The molecule has 0 bridgehead atoms. The summed E-state index contributed by atoms with van der Waals surface area (Å²) in [6.07, 6.45) is 10.7. The SMILES string of the molecule is C#C/C(C)=C\C=C(/C)OC.CCn1cc2cc(Br)cc(C(=O)Nc3ccccc3)c2n1. The summed E-state index contributed by atoms with van der Waals surface area (Å²) in [7, 11) is 1.63. The minimum Gasteiger partial charge on any atom is -0.501 e. The summed E-state index contributed by atoms with van der Waals surface area (Å²) < 4.78 is 7.59. The zero-order valence-corrected chi connectivity index (χ0v) is 19.7. The van der Waals surface area contributed by atoms with Gasteiger partial charge < -0.3 is 10.1 Å². The molecule has 1 aromatic heterocycles. The molecule has 6 heteroatoms. The second kappa shape index (κ2) is 11.8. The van der Waals surface area contributed by atoms with E-state index in [2.05, 4.69) is 32.3 Å². The predicted octanol–water partition coefficient (Wildman–Crippen LogP) is 6.19. The van der Waals surface area contributed by atoms with E-state index in [1.807, 2.05) is 80.2 Å². The molecule has 0 atom stereocenters. The second-order valence-electron chi connectivity index (χ2n) is 6.67. The van der Waals surface area contributed by atoms with Gasteiger partial charge in [-0.25, -0.2) is 0 Å². The molecule has 0 spiro atoms. The summed E-state index contributed by atoms with van der Waals surface area (Å²) in [4.78, 5) is 12.5. The van der Waals surface area contributed by atoms with Crippen LogP contribution in [-0.2, 0) is 11.3 Å². The normalized spacial score (nSPS) is 11.4. The number of terminal acetylenes is 1. The Morgan fingerprint density at radius 2 is 1.97 bits per heavy atom. The smallest absolute Gasteiger partial charge is 0.257 e. The lowest BCUT2D eigenvalue weighted by atomic mass is 10.1. The number of rotatable bonds is 5. The van der Waals surface area contributed by atoms with E-state index in [0.29, 0.717) is 11.1 Å². The van der Waals surface area contributed by atoms with E-state index in [1.165, 1.54) is 0 Å². The molecule has 0 fully saturated rings. The number of allylic oxidation sites excluding steroid dienone is 4. The van der Waals surface area contributed by atoms with Gasteiger partial charge in [0.25, 0.3) is 5.91 Å². The molecule has 160 valence electrons. The minimum absolute atomic E-state index is 0.158. The highest BCUT2D eigenvalue weighted by Crippen LogP contribution is 2.24. The number of nitrogens with one attached hydrogen (secondary N) is 1. The third kappa shape index (κ3) is 7.16. The number of halogens is 1. The van der Waals surface area contributed by atoms with Gasteiger partial charge in [-0.3, -0.25) is 9.48 Å². The number of ether oxygens (including phenoxy) is 1.